The van der Waals surface area contributed by atoms with Gasteiger partial charge in [-0.3, -0.25) is 4.79 Å². The van der Waals surface area contributed by atoms with Crippen LogP contribution in [-0.4, -0.2) is 44.9 Å². The van der Waals surface area contributed by atoms with E-state index in [-0.39, 0.29) is 24.4 Å². The summed E-state index contributed by atoms with van der Waals surface area (Å²) in [6.45, 7) is 1.55. The van der Waals surface area contributed by atoms with Crippen molar-refractivity contribution in [2.45, 2.75) is 18.9 Å². The van der Waals surface area contributed by atoms with Crippen LogP contribution in [0, 0.1) is 11.8 Å². The Hall–Kier alpha value is -1.92. The molecule has 23 heavy (non-hydrogen) atoms. The second-order valence-electron chi connectivity index (χ2n) is 6.23. The smallest absolute Gasteiger partial charge is 0.276 e. The molecule has 2 fully saturated rings. The molecule has 0 radical (unpaired) electrons. The number of benzene rings is 1. The Morgan fingerprint density at radius 1 is 1.17 bits per heavy atom. The van der Waals surface area contributed by atoms with Crippen LogP contribution in [-0.2, 0) is 0 Å². The molecule has 2 aliphatic rings. The molecule has 122 valence electrons. The van der Waals surface area contributed by atoms with Gasteiger partial charge in [-0.1, -0.05) is 18.2 Å². The molecule has 0 bridgehead atoms. The fourth-order valence-electron chi connectivity index (χ4n) is 3.68. The molecule has 1 aromatic carbocycles. The number of halogens is 1. The minimum atomic E-state index is -0.0382. The molecule has 1 aliphatic heterocycles. The van der Waals surface area contributed by atoms with Crippen LogP contribution in [0.25, 0.3) is 5.69 Å². The highest BCUT2D eigenvalue weighted by Gasteiger charge is 2.42. The Morgan fingerprint density at radius 2 is 1.96 bits per heavy atom. The number of hydrogen-bond acceptors (Lipinski definition) is 4. The van der Waals surface area contributed by atoms with Gasteiger partial charge < -0.3 is 10.6 Å². The highest BCUT2D eigenvalue weighted by molar-refractivity contribution is 5.92. The monoisotopic (exact) mass is 333 g/mol. The zero-order chi connectivity index (χ0) is 15.1. The van der Waals surface area contributed by atoms with Gasteiger partial charge >= 0.3 is 0 Å². The van der Waals surface area contributed by atoms with E-state index in [1.165, 1.54) is 4.80 Å². The lowest BCUT2D eigenvalue weighted by molar-refractivity contribution is 0.0773. The Labute approximate surface area is 141 Å². The first kappa shape index (κ1) is 16.0. The van der Waals surface area contributed by atoms with Gasteiger partial charge in [0.15, 0.2) is 5.69 Å². The molecule has 3 unspecified atom stereocenters. The number of nitrogens with two attached hydrogens (primary N) is 1. The van der Waals surface area contributed by atoms with Crippen molar-refractivity contribution in [3.05, 3.63) is 42.2 Å². The predicted octanol–water partition coefficient (Wildman–Crippen LogP) is 1.50. The first-order valence-electron chi connectivity index (χ1n) is 7.75. The maximum Gasteiger partial charge on any atom is 0.276 e. The zero-order valence-electron chi connectivity index (χ0n) is 12.7. The maximum absolute atomic E-state index is 12.6. The minimum Gasteiger partial charge on any atom is -0.337 e. The van der Waals surface area contributed by atoms with Crippen molar-refractivity contribution in [2.75, 3.05) is 13.1 Å². The third-order valence-corrected chi connectivity index (χ3v) is 4.90. The quantitative estimate of drug-likeness (QED) is 0.903. The van der Waals surface area contributed by atoms with Gasteiger partial charge in [0.05, 0.1) is 11.9 Å². The summed E-state index contributed by atoms with van der Waals surface area (Å²) in [5.74, 6) is 0.972. The molecule has 0 spiro atoms. The van der Waals surface area contributed by atoms with Crippen molar-refractivity contribution in [1.29, 1.82) is 0 Å². The van der Waals surface area contributed by atoms with Crippen LogP contribution in [0.1, 0.15) is 23.3 Å². The van der Waals surface area contributed by atoms with E-state index in [9.17, 15) is 4.79 Å². The molecule has 3 atom stereocenters. The number of aromatic nitrogens is 3. The molecule has 2 heterocycles. The molecule has 1 saturated heterocycles. The molecule has 7 heteroatoms. The van der Waals surface area contributed by atoms with Crippen LogP contribution in [0.5, 0.6) is 0 Å². The van der Waals surface area contributed by atoms with Crippen molar-refractivity contribution in [2.24, 2.45) is 17.6 Å². The van der Waals surface area contributed by atoms with Crippen LogP contribution in [0.15, 0.2) is 36.5 Å². The van der Waals surface area contributed by atoms with Crippen LogP contribution < -0.4 is 5.73 Å². The van der Waals surface area contributed by atoms with Gasteiger partial charge in [0.1, 0.15) is 0 Å². The summed E-state index contributed by atoms with van der Waals surface area (Å²) in [5, 5.41) is 8.52. The van der Waals surface area contributed by atoms with Crippen LogP contribution >= 0.6 is 12.4 Å². The van der Waals surface area contributed by atoms with Gasteiger partial charge in [-0.2, -0.15) is 9.90 Å². The minimum absolute atomic E-state index is 0. The van der Waals surface area contributed by atoms with Crippen molar-refractivity contribution in [3.8, 4) is 5.69 Å². The predicted molar refractivity (Wildman–Crippen MR) is 88.7 cm³/mol. The molecule has 1 amide bonds. The molecule has 6 nitrogen and oxygen atoms in total. The third kappa shape index (κ3) is 2.84. The molecular formula is C16H20ClN5O. The lowest BCUT2D eigenvalue weighted by Gasteiger charge is -2.17. The fraction of sp³-hybridized carbons (Fsp3) is 0.438. The second-order valence-corrected chi connectivity index (χ2v) is 6.23. The average molecular weight is 334 g/mol. The number of para-hydroxylation sites is 1. The van der Waals surface area contributed by atoms with E-state index in [0.29, 0.717) is 17.5 Å². The molecule has 1 aromatic heterocycles. The van der Waals surface area contributed by atoms with E-state index < -0.39 is 0 Å². The van der Waals surface area contributed by atoms with E-state index >= 15 is 0 Å². The van der Waals surface area contributed by atoms with Crippen molar-refractivity contribution >= 4 is 18.3 Å². The van der Waals surface area contributed by atoms with Gasteiger partial charge in [-0.25, -0.2) is 0 Å². The summed E-state index contributed by atoms with van der Waals surface area (Å²) in [6, 6.07) is 9.83. The number of carbonyl (C=O) groups is 1. The number of carbonyl (C=O) groups excluding carboxylic acids is 1. The molecule has 1 saturated carbocycles. The summed E-state index contributed by atoms with van der Waals surface area (Å²) in [6.07, 6.45) is 3.76. The normalized spacial score (nSPS) is 26.0. The highest BCUT2D eigenvalue weighted by Crippen LogP contribution is 2.37. The van der Waals surface area contributed by atoms with E-state index in [2.05, 4.69) is 10.2 Å². The van der Waals surface area contributed by atoms with Crippen LogP contribution in [0.4, 0.5) is 0 Å². The van der Waals surface area contributed by atoms with Gasteiger partial charge in [0, 0.05) is 19.1 Å². The molecule has 1 aliphatic carbocycles. The Balaban J connectivity index is 0.00000156. The van der Waals surface area contributed by atoms with E-state index in [1.807, 2.05) is 35.2 Å². The molecule has 4 rings (SSSR count). The largest absolute Gasteiger partial charge is 0.337 e. The zero-order valence-corrected chi connectivity index (χ0v) is 13.5. The lowest BCUT2D eigenvalue weighted by atomic mass is 9.98. The molecule has 2 aromatic rings. The summed E-state index contributed by atoms with van der Waals surface area (Å²) < 4.78 is 0. The van der Waals surface area contributed by atoms with Gasteiger partial charge in [-0.15, -0.1) is 17.5 Å². The summed E-state index contributed by atoms with van der Waals surface area (Å²) in [4.78, 5) is 16.0. The third-order valence-electron chi connectivity index (χ3n) is 4.90. The molecule has 2 N–H and O–H groups in total. The summed E-state index contributed by atoms with van der Waals surface area (Å²) in [5.41, 5.74) is 7.38. The topological polar surface area (TPSA) is 77.0 Å². The number of hydrogen-bond donors (Lipinski definition) is 1. The number of likely N-dealkylation sites (tertiary alicyclic amines) is 1. The number of nitrogens with zero attached hydrogens (tertiary/aromatic N) is 4. The standard InChI is InChI=1S/C16H19N5O.ClH/c17-14-7-6-11-9-20(10-13(11)14)16(22)15-8-18-21(19-15)12-4-2-1-3-5-12;/h1-5,8,11,13-14H,6-7,9-10,17H2;1H. The van der Waals surface area contributed by atoms with Gasteiger partial charge in [0.25, 0.3) is 5.91 Å². The number of rotatable bonds is 2. The first-order valence-corrected chi connectivity index (χ1v) is 7.75. The summed E-state index contributed by atoms with van der Waals surface area (Å²) >= 11 is 0. The van der Waals surface area contributed by atoms with Crippen molar-refractivity contribution in [1.82, 2.24) is 19.9 Å². The Morgan fingerprint density at radius 3 is 2.70 bits per heavy atom. The number of fused-ring (bicyclic) bond motifs is 1. The van der Waals surface area contributed by atoms with Crippen LogP contribution in [0.2, 0.25) is 0 Å². The second kappa shape index (κ2) is 6.29. The van der Waals surface area contributed by atoms with Crippen molar-refractivity contribution in [3.63, 3.8) is 0 Å². The van der Waals surface area contributed by atoms with Gasteiger partial charge in [0.2, 0.25) is 0 Å². The van der Waals surface area contributed by atoms with Crippen molar-refractivity contribution < 1.29 is 4.79 Å². The fourth-order valence-corrected chi connectivity index (χ4v) is 3.68. The molecular weight excluding hydrogens is 314 g/mol. The Bertz CT molecular complexity index is 689. The summed E-state index contributed by atoms with van der Waals surface area (Å²) in [7, 11) is 0. The first-order chi connectivity index (χ1) is 10.7. The lowest BCUT2D eigenvalue weighted by Crippen LogP contribution is -2.33. The van der Waals surface area contributed by atoms with E-state index in [1.54, 1.807) is 6.20 Å². The average Bonchev–Trinajstić information content (AvgIpc) is 3.25. The number of amides is 1. The van der Waals surface area contributed by atoms with Gasteiger partial charge in [-0.05, 0) is 36.8 Å². The Kier molecular flexibility index (Phi) is 4.37. The van der Waals surface area contributed by atoms with Crippen LogP contribution in [0.3, 0.4) is 0 Å². The maximum atomic E-state index is 12.6. The SMILES string of the molecule is Cl.NC1CCC2CN(C(=O)c3cnn(-c4ccccc4)n3)CC12. The highest BCUT2D eigenvalue weighted by atomic mass is 35.5. The van der Waals surface area contributed by atoms with E-state index in [0.717, 1.165) is 31.6 Å². The van der Waals surface area contributed by atoms with E-state index in [4.69, 9.17) is 5.73 Å².